The maximum atomic E-state index is 13.0. The van der Waals surface area contributed by atoms with Crippen LogP contribution in [-0.4, -0.2) is 26.2 Å². The highest BCUT2D eigenvalue weighted by atomic mass is 19.4. The van der Waals surface area contributed by atoms with Crippen LogP contribution in [0.5, 0.6) is 5.88 Å². The van der Waals surface area contributed by atoms with Crippen LogP contribution in [0, 0.1) is 0 Å². The summed E-state index contributed by atoms with van der Waals surface area (Å²) in [7, 11) is 0. The van der Waals surface area contributed by atoms with E-state index in [2.05, 4.69) is 15.2 Å². The lowest BCUT2D eigenvalue weighted by Gasteiger charge is -2.09. The number of rotatable bonds is 2. The summed E-state index contributed by atoms with van der Waals surface area (Å²) in [4.78, 5) is 4.18. The summed E-state index contributed by atoms with van der Waals surface area (Å²) in [5.74, 6) is -1.05. The smallest absolute Gasteiger partial charge is 0.452 e. The molecular weight excluding hydrogens is 273 g/mol. The Bertz CT molecular complexity index is 781. The van der Waals surface area contributed by atoms with Gasteiger partial charge in [0.05, 0.1) is 17.6 Å². The van der Waals surface area contributed by atoms with Crippen LogP contribution in [0.15, 0.2) is 24.3 Å². The van der Waals surface area contributed by atoms with Gasteiger partial charge in [-0.15, -0.1) is 10.2 Å². The minimum Gasteiger partial charge on any atom is -0.475 e. The predicted molar refractivity (Wildman–Crippen MR) is 64.5 cm³/mol. The van der Waals surface area contributed by atoms with E-state index in [9.17, 15) is 13.2 Å². The molecule has 8 heteroatoms. The van der Waals surface area contributed by atoms with Gasteiger partial charge in [0.2, 0.25) is 11.5 Å². The maximum Gasteiger partial charge on any atom is 0.452 e. The third kappa shape index (κ3) is 1.84. The molecule has 3 aromatic rings. The van der Waals surface area contributed by atoms with Crippen LogP contribution in [0.3, 0.4) is 0 Å². The van der Waals surface area contributed by atoms with Crippen LogP contribution in [0.4, 0.5) is 13.2 Å². The molecule has 0 N–H and O–H groups in total. The molecule has 0 aliphatic heterocycles. The SMILES string of the molecule is CCOc1nc2ccccc2n2c(C(F)(F)F)nnc12. The summed E-state index contributed by atoms with van der Waals surface area (Å²) in [5, 5.41) is 6.79. The number of ether oxygens (including phenoxy) is 1. The molecular formula is C12H9F3N4O. The van der Waals surface area contributed by atoms with Crippen molar-refractivity contribution in [3.05, 3.63) is 30.1 Å². The first-order chi connectivity index (χ1) is 9.52. The van der Waals surface area contributed by atoms with Gasteiger partial charge < -0.3 is 4.74 Å². The van der Waals surface area contributed by atoms with Crippen molar-refractivity contribution in [2.75, 3.05) is 6.61 Å². The van der Waals surface area contributed by atoms with E-state index < -0.39 is 12.0 Å². The van der Waals surface area contributed by atoms with Crippen molar-refractivity contribution in [3.8, 4) is 5.88 Å². The van der Waals surface area contributed by atoms with Gasteiger partial charge in [-0.05, 0) is 19.1 Å². The van der Waals surface area contributed by atoms with Crippen LogP contribution < -0.4 is 4.74 Å². The molecule has 0 aliphatic rings. The van der Waals surface area contributed by atoms with E-state index in [0.717, 1.165) is 4.40 Å². The molecule has 20 heavy (non-hydrogen) atoms. The van der Waals surface area contributed by atoms with Gasteiger partial charge in [0.15, 0.2) is 0 Å². The number of hydrogen-bond donors (Lipinski definition) is 0. The number of aromatic nitrogens is 4. The highest BCUT2D eigenvalue weighted by Crippen LogP contribution is 2.32. The van der Waals surface area contributed by atoms with Gasteiger partial charge >= 0.3 is 6.18 Å². The molecule has 1 aromatic carbocycles. The van der Waals surface area contributed by atoms with Crippen molar-refractivity contribution in [1.82, 2.24) is 19.6 Å². The lowest BCUT2D eigenvalue weighted by Crippen LogP contribution is -2.12. The van der Waals surface area contributed by atoms with E-state index >= 15 is 0 Å². The van der Waals surface area contributed by atoms with E-state index in [1.54, 1.807) is 25.1 Å². The number of nitrogens with zero attached hydrogens (tertiary/aromatic N) is 4. The molecule has 0 unspecified atom stereocenters. The van der Waals surface area contributed by atoms with Crippen molar-refractivity contribution >= 4 is 16.7 Å². The van der Waals surface area contributed by atoms with Gasteiger partial charge in [-0.3, -0.25) is 4.40 Å². The van der Waals surface area contributed by atoms with E-state index in [0.29, 0.717) is 5.52 Å². The van der Waals surface area contributed by atoms with Crippen molar-refractivity contribution in [3.63, 3.8) is 0 Å². The summed E-state index contributed by atoms with van der Waals surface area (Å²) in [5.41, 5.74) is 0.620. The molecule has 0 aliphatic carbocycles. The predicted octanol–water partition coefficient (Wildman–Crippen LogP) is 2.70. The average molecular weight is 282 g/mol. The maximum absolute atomic E-state index is 13.0. The van der Waals surface area contributed by atoms with Crippen molar-refractivity contribution in [1.29, 1.82) is 0 Å². The molecule has 0 spiro atoms. The second-order valence-electron chi connectivity index (χ2n) is 4.02. The van der Waals surface area contributed by atoms with Gasteiger partial charge in [-0.2, -0.15) is 13.2 Å². The first-order valence-corrected chi connectivity index (χ1v) is 5.86. The molecule has 2 aromatic heterocycles. The van der Waals surface area contributed by atoms with Gasteiger partial charge in [-0.1, -0.05) is 12.1 Å². The van der Waals surface area contributed by atoms with E-state index in [1.807, 2.05) is 0 Å². The first kappa shape index (κ1) is 12.6. The van der Waals surface area contributed by atoms with Gasteiger partial charge in [-0.25, -0.2) is 4.98 Å². The van der Waals surface area contributed by atoms with Crippen LogP contribution in [0.25, 0.3) is 16.7 Å². The van der Waals surface area contributed by atoms with Crippen LogP contribution >= 0.6 is 0 Å². The van der Waals surface area contributed by atoms with Gasteiger partial charge in [0.1, 0.15) is 0 Å². The monoisotopic (exact) mass is 282 g/mol. The van der Waals surface area contributed by atoms with Gasteiger partial charge in [0.25, 0.3) is 5.88 Å². The molecule has 0 radical (unpaired) electrons. The Balaban J connectivity index is 2.46. The van der Waals surface area contributed by atoms with E-state index in [4.69, 9.17) is 4.74 Å². The fourth-order valence-corrected chi connectivity index (χ4v) is 1.98. The Labute approximate surface area is 111 Å². The van der Waals surface area contributed by atoms with Crippen molar-refractivity contribution < 1.29 is 17.9 Å². The number of para-hydroxylation sites is 2. The Morgan fingerprint density at radius 3 is 2.65 bits per heavy atom. The van der Waals surface area contributed by atoms with E-state index in [1.165, 1.54) is 6.07 Å². The Morgan fingerprint density at radius 1 is 1.20 bits per heavy atom. The van der Waals surface area contributed by atoms with Gasteiger partial charge in [0, 0.05) is 0 Å². The second-order valence-corrected chi connectivity index (χ2v) is 4.02. The molecule has 0 amide bonds. The fraction of sp³-hybridized carbons (Fsp3) is 0.250. The number of halogens is 3. The Kier molecular flexibility index (Phi) is 2.73. The highest BCUT2D eigenvalue weighted by molar-refractivity contribution is 5.79. The average Bonchev–Trinajstić information content (AvgIpc) is 2.84. The third-order valence-electron chi connectivity index (χ3n) is 2.73. The zero-order valence-electron chi connectivity index (χ0n) is 10.3. The Hall–Kier alpha value is -2.38. The summed E-state index contributed by atoms with van der Waals surface area (Å²) in [6, 6.07) is 6.46. The molecule has 0 atom stereocenters. The zero-order valence-corrected chi connectivity index (χ0v) is 10.3. The number of benzene rings is 1. The number of fused-ring (bicyclic) bond motifs is 3. The molecule has 104 valence electrons. The zero-order chi connectivity index (χ0) is 14.3. The highest BCUT2D eigenvalue weighted by Gasteiger charge is 2.38. The largest absolute Gasteiger partial charge is 0.475 e. The lowest BCUT2D eigenvalue weighted by molar-refractivity contribution is -0.145. The van der Waals surface area contributed by atoms with Crippen LogP contribution in [0.2, 0.25) is 0 Å². The summed E-state index contributed by atoms with van der Waals surface area (Å²) in [6.45, 7) is 1.99. The van der Waals surface area contributed by atoms with Crippen LogP contribution in [0.1, 0.15) is 12.7 Å². The number of alkyl halides is 3. The fourth-order valence-electron chi connectivity index (χ4n) is 1.98. The molecule has 2 heterocycles. The minimum absolute atomic E-state index is 0.0363. The molecule has 0 saturated carbocycles. The summed E-state index contributed by atoms with van der Waals surface area (Å²) in [6.07, 6.45) is -4.60. The number of hydrogen-bond acceptors (Lipinski definition) is 4. The summed E-state index contributed by atoms with van der Waals surface area (Å²) >= 11 is 0. The molecule has 0 fully saturated rings. The lowest BCUT2D eigenvalue weighted by atomic mass is 10.3. The topological polar surface area (TPSA) is 52.3 Å². The van der Waals surface area contributed by atoms with Crippen LogP contribution in [-0.2, 0) is 6.18 Å². The summed E-state index contributed by atoms with van der Waals surface area (Å²) < 4.78 is 45.2. The second kappa shape index (κ2) is 4.32. The molecule has 0 saturated heterocycles. The van der Waals surface area contributed by atoms with Crippen molar-refractivity contribution in [2.45, 2.75) is 13.1 Å². The first-order valence-electron chi connectivity index (χ1n) is 5.86. The quantitative estimate of drug-likeness (QED) is 0.725. The molecule has 0 bridgehead atoms. The molecule has 5 nitrogen and oxygen atoms in total. The Morgan fingerprint density at radius 2 is 1.95 bits per heavy atom. The third-order valence-corrected chi connectivity index (χ3v) is 2.73. The standard InChI is InChI=1S/C12H9F3N4O/c1-2-20-10-9-17-18-11(12(13,14)15)19(9)8-6-4-3-5-7(8)16-10/h3-6H,2H2,1H3. The normalized spacial score (nSPS) is 12.2. The van der Waals surface area contributed by atoms with E-state index in [-0.39, 0.29) is 23.7 Å². The molecule has 3 rings (SSSR count). The van der Waals surface area contributed by atoms with Crippen molar-refractivity contribution in [2.24, 2.45) is 0 Å². The minimum atomic E-state index is -4.60.